The van der Waals surface area contributed by atoms with Crippen LogP contribution in [0.15, 0.2) is 11.0 Å². The Morgan fingerprint density at radius 2 is 1.71 bits per heavy atom. The Morgan fingerprint density at radius 3 is 1.86 bits per heavy atom. The van der Waals surface area contributed by atoms with Gasteiger partial charge in [-0.2, -0.15) is 0 Å². The van der Waals surface area contributed by atoms with Crippen LogP contribution in [0, 0.1) is 0 Å². The summed E-state index contributed by atoms with van der Waals surface area (Å²) < 4.78 is 9.50. The zero-order valence-corrected chi connectivity index (χ0v) is 4.65. The quantitative estimate of drug-likeness (QED) is 0.512. The Morgan fingerprint density at radius 1 is 1.29 bits per heavy atom. The maximum atomic E-state index is 9.50. The molecule has 0 radical (unpaired) electrons. The molecule has 0 spiro atoms. The molecule has 0 bridgehead atoms. The van der Waals surface area contributed by atoms with E-state index in [1.54, 1.807) is 11.0 Å². The standard InChI is InChI=1S/C2H2N2S.CH3F/c1-3-4-2-5-1;1-2/h1-2H;1H3. The Hall–Kier alpha value is -0.510. The van der Waals surface area contributed by atoms with Crippen molar-refractivity contribution in [3.63, 3.8) is 0 Å². The van der Waals surface area contributed by atoms with Gasteiger partial charge in [0.15, 0.2) is 0 Å². The van der Waals surface area contributed by atoms with Crippen LogP contribution >= 0.6 is 11.3 Å². The molecule has 0 amide bonds. The Bertz CT molecular complexity index is 69.4. The van der Waals surface area contributed by atoms with Crippen molar-refractivity contribution >= 4 is 11.3 Å². The molecule has 0 aromatic carbocycles. The first-order valence-corrected chi connectivity index (χ1v) is 2.51. The third-order valence-electron chi connectivity index (χ3n) is 0.283. The van der Waals surface area contributed by atoms with Crippen LogP contribution in [0.4, 0.5) is 4.39 Å². The second kappa shape index (κ2) is 5.49. The van der Waals surface area contributed by atoms with Gasteiger partial charge in [-0.15, -0.1) is 21.5 Å². The zero-order valence-electron chi connectivity index (χ0n) is 3.84. The number of halogens is 1. The van der Waals surface area contributed by atoms with Crippen molar-refractivity contribution in [2.75, 3.05) is 7.18 Å². The molecule has 7 heavy (non-hydrogen) atoms. The monoisotopic (exact) mass is 120 g/mol. The molecule has 0 atom stereocenters. The zero-order chi connectivity index (χ0) is 5.54. The maximum absolute atomic E-state index is 9.50. The lowest BCUT2D eigenvalue weighted by molar-refractivity contribution is 0.636. The summed E-state index contributed by atoms with van der Waals surface area (Å²) >= 11 is 1.49. The van der Waals surface area contributed by atoms with Gasteiger partial charge in [0, 0.05) is 0 Å². The fraction of sp³-hybridized carbons (Fsp3) is 0.333. The minimum atomic E-state index is 0.500. The van der Waals surface area contributed by atoms with Crippen LogP contribution < -0.4 is 0 Å². The van der Waals surface area contributed by atoms with E-state index in [1.165, 1.54) is 11.3 Å². The number of nitrogens with zero attached hydrogens (tertiary/aromatic N) is 2. The largest absolute Gasteiger partial charge is 0.255 e. The fourth-order valence-corrected chi connectivity index (χ4v) is 0.408. The molecular formula is C3H5FN2S. The van der Waals surface area contributed by atoms with Crippen molar-refractivity contribution in [2.45, 2.75) is 0 Å². The van der Waals surface area contributed by atoms with Crippen molar-refractivity contribution in [1.82, 2.24) is 10.2 Å². The van der Waals surface area contributed by atoms with Gasteiger partial charge < -0.3 is 0 Å². The minimum Gasteiger partial charge on any atom is -0.255 e. The van der Waals surface area contributed by atoms with Gasteiger partial charge in [0.2, 0.25) is 0 Å². The summed E-state index contributed by atoms with van der Waals surface area (Å²) in [5.74, 6) is 0. The van der Waals surface area contributed by atoms with Gasteiger partial charge in [0.25, 0.3) is 0 Å². The van der Waals surface area contributed by atoms with Crippen LogP contribution in [0.5, 0.6) is 0 Å². The molecule has 40 valence electrons. The van der Waals surface area contributed by atoms with Crippen LogP contribution in [-0.2, 0) is 0 Å². The molecule has 0 aliphatic heterocycles. The van der Waals surface area contributed by atoms with E-state index in [4.69, 9.17) is 0 Å². The first kappa shape index (κ1) is 6.49. The lowest BCUT2D eigenvalue weighted by Gasteiger charge is -1.41. The van der Waals surface area contributed by atoms with Crippen molar-refractivity contribution < 1.29 is 4.39 Å². The molecule has 2 nitrogen and oxygen atoms in total. The summed E-state index contributed by atoms with van der Waals surface area (Å²) in [6.07, 6.45) is 0. The summed E-state index contributed by atoms with van der Waals surface area (Å²) in [6, 6.07) is 0. The van der Waals surface area contributed by atoms with Crippen LogP contribution in [-0.4, -0.2) is 17.4 Å². The van der Waals surface area contributed by atoms with E-state index in [0.29, 0.717) is 7.18 Å². The summed E-state index contributed by atoms with van der Waals surface area (Å²) in [5.41, 5.74) is 3.36. The predicted molar refractivity (Wildman–Crippen MR) is 26.9 cm³/mol. The molecule has 0 saturated carbocycles. The van der Waals surface area contributed by atoms with E-state index in [1.807, 2.05) is 0 Å². The molecule has 0 aliphatic carbocycles. The first-order valence-electron chi connectivity index (χ1n) is 1.57. The van der Waals surface area contributed by atoms with Gasteiger partial charge >= 0.3 is 0 Å². The molecule has 1 heterocycles. The van der Waals surface area contributed by atoms with Gasteiger partial charge in [0.05, 0.1) is 7.18 Å². The highest BCUT2D eigenvalue weighted by atomic mass is 32.1. The first-order chi connectivity index (χ1) is 3.50. The highest BCUT2D eigenvalue weighted by molar-refractivity contribution is 7.07. The van der Waals surface area contributed by atoms with E-state index >= 15 is 0 Å². The van der Waals surface area contributed by atoms with Crippen LogP contribution in [0.25, 0.3) is 0 Å². The van der Waals surface area contributed by atoms with Gasteiger partial charge in [-0.25, -0.2) is 0 Å². The number of alkyl halides is 1. The lowest BCUT2D eigenvalue weighted by atomic mass is 11.6. The van der Waals surface area contributed by atoms with Crippen LogP contribution in [0.1, 0.15) is 0 Å². The maximum Gasteiger partial charge on any atom is 0.103 e. The molecule has 4 heteroatoms. The molecule has 0 aliphatic rings. The fourth-order valence-electron chi connectivity index (χ4n) is 0.136. The van der Waals surface area contributed by atoms with E-state index in [2.05, 4.69) is 10.2 Å². The van der Waals surface area contributed by atoms with Gasteiger partial charge in [-0.05, 0) is 0 Å². The van der Waals surface area contributed by atoms with Crippen LogP contribution in [0.3, 0.4) is 0 Å². The Balaban J connectivity index is 0.000000162. The van der Waals surface area contributed by atoms with Crippen molar-refractivity contribution in [3.05, 3.63) is 11.0 Å². The molecule has 0 saturated heterocycles. The van der Waals surface area contributed by atoms with Gasteiger partial charge in [0.1, 0.15) is 11.0 Å². The normalized spacial score (nSPS) is 6.57. The van der Waals surface area contributed by atoms with Gasteiger partial charge in [-0.1, -0.05) is 0 Å². The molecular weight excluding hydrogens is 115 g/mol. The summed E-state index contributed by atoms with van der Waals surface area (Å²) in [5, 5.41) is 6.98. The number of hydrogen-bond donors (Lipinski definition) is 0. The van der Waals surface area contributed by atoms with E-state index in [0.717, 1.165) is 0 Å². The van der Waals surface area contributed by atoms with E-state index < -0.39 is 0 Å². The Kier molecular flexibility index (Phi) is 5.09. The molecule has 0 fully saturated rings. The number of rotatable bonds is 0. The third-order valence-corrected chi connectivity index (χ3v) is 0.715. The summed E-state index contributed by atoms with van der Waals surface area (Å²) in [7, 11) is 0.500. The summed E-state index contributed by atoms with van der Waals surface area (Å²) in [6.45, 7) is 0. The van der Waals surface area contributed by atoms with Crippen molar-refractivity contribution in [1.29, 1.82) is 0 Å². The third kappa shape index (κ3) is 3.32. The van der Waals surface area contributed by atoms with E-state index in [-0.39, 0.29) is 0 Å². The van der Waals surface area contributed by atoms with Crippen molar-refractivity contribution in [2.24, 2.45) is 0 Å². The Labute approximate surface area is 45.0 Å². The topological polar surface area (TPSA) is 25.8 Å². The molecule has 1 aromatic heterocycles. The van der Waals surface area contributed by atoms with Crippen LogP contribution in [0.2, 0.25) is 0 Å². The molecule has 0 unspecified atom stereocenters. The SMILES string of the molecule is CF.c1nncs1. The highest BCUT2D eigenvalue weighted by Gasteiger charge is 1.60. The molecule has 1 aromatic rings. The second-order valence-electron chi connectivity index (χ2n) is 0.578. The van der Waals surface area contributed by atoms with Crippen molar-refractivity contribution in [3.8, 4) is 0 Å². The smallest absolute Gasteiger partial charge is 0.103 e. The number of hydrogen-bond acceptors (Lipinski definition) is 3. The lowest BCUT2D eigenvalue weighted by Crippen LogP contribution is -1.53. The average molecular weight is 120 g/mol. The molecule has 1 rings (SSSR count). The highest BCUT2D eigenvalue weighted by Crippen LogP contribution is 1.80. The minimum absolute atomic E-state index is 0.500. The average Bonchev–Trinajstić information content (AvgIpc) is 2.23. The second-order valence-corrected chi connectivity index (χ2v) is 1.27. The predicted octanol–water partition coefficient (Wildman–Crippen LogP) is 1.12. The summed E-state index contributed by atoms with van der Waals surface area (Å²) in [4.78, 5) is 0. The number of aromatic nitrogens is 2. The van der Waals surface area contributed by atoms with E-state index in [9.17, 15) is 4.39 Å². The van der Waals surface area contributed by atoms with Gasteiger partial charge in [-0.3, -0.25) is 4.39 Å². The molecule has 0 N–H and O–H groups in total.